The van der Waals surface area contributed by atoms with Crippen LogP contribution in [0.3, 0.4) is 0 Å². The molecule has 302 valence electrons. The van der Waals surface area contributed by atoms with Gasteiger partial charge in [-0.3, -0.25) is 10.2 Å². The Morgan fingerprint density at radius 1 is 1.29 bits per heavy atom. The minimum Gasteiger partial charge on any atom is -0.489 e. The van der Waals surface area contributed by atoms with Gasteiger partial charge in [-0.25, -0.2) is 22.9 Å². The van der Waals surface area contributed by atoms with Gasteiger partial charge >= 0.3 is 12.1 Å². The Morgan fingerprint density at radius 3 is 2.81 bits per heavy atom. The molecule has 2 fully saturated rings. The van der Waals surface area contributed by atoms with Crippen molar-refractivity contribution in [3.05, 3.63) is 70.9 Å². The first-order valence-electron chi connectivity index (χ1n) is 18.8. The molecule has 0 saturated carbocycles. The maximum atomic E-state index is 17.7. The molecular formula is C41H40ClF3N8O4S. The number of ether oxygens (including phenoxy) is 3. The molecule has 2 aromatic carbocycles. The van der Waals surface area contributed by atoms with Crippen LogP contribution in [0.15, 0.2) is 43.1 Å². The molecule has 12 nitrogen and oxygen atoms in total. The Morgan fingerprint density at radius 2 is 2.09 bits per heavy atom. The van der Waals surface area contributed by atoms with Crippen molar-refractivity contribution in [1.82, 2.24) is 19.9 Å². The molecule has 2 saturated heterocycles. The second-order valence-corrected chi connectivity index (χ2v) is 17.2. The number of aromatic nitrogens is 3. The third-order valence-corrected chi connectivity index (χ3v) is 12.4. The predicted molar refractivity (Wildman–Crippen MR) is 217 cm³/mol. The lowest BCUT2D eigenvalue weighted by Crippen LogP contribution is -2.43. The highest BCUT2D eigenvalue weighted by molar-refractivity contribution is 7.23. The lowest BCUT2D eigenvalue weighted by atomic mass is 9.95. The molecule has 3 aliphatic heterocycles. The summed E-state index contributed by atoms with van der Waals surface area (Å²) >= 11 is 8.00. The second kappa shape index (κ2) is 14.8. The standard InChI is InChI=1S/C41H40ClF3N8O4S/c1-6-22-18-55-33-29-32(31(45)28(30(33)42)24-10-11-26(44)34-27(24)25(16-46)37(58-34)51-39(54)57-40(3,4)5)49-38(56-19-41-12-8-14-52(41)17-21(43)15-41)50-36(29)53(22)20(2)23-9-7-13-48-35(23)47/h6-7,9-11,13,20-22H,1,8,12,14-15,17-19H2,2-5H3,(H2,47,48)(H,51,54)/t20?,21-,22+,41+/m1/s1. The molecule has 5 aromatic rings. The molecule has 6 heterocycles. The molecule has 0 bridgehead atoms. The molecule has 1 amide bonds. The van der Waals surface area contributed by atoms with E-state index in [1.165, 1.54) is 6.07 Å². The molecule has 0 spiro atoms. The van der Waals surface area contributed by atoms with E-state index >= 15 is 8.78 Å². The number of carbonyl (C=O) groups excluding carboxylic acids is 1. The van der Waals surface area contributed by atoms with Gasteiger partial charge in [0, 0.05) is 35.7 Å². The number of nitrogen functional groups attached to an aromatic ring is 1. The van der Waals surface area contributed by atoms with E-state index < -0.39 is 47.1 Å². The maximum Gasteiger partial charge on any atom is 0.412 e. The maximum absolute atomic E-state index is 17.7. The van der Waals surface area contributed by atoms with Crippen molar-refractivity contribution >= 4 is 66.7 Å². The van der Waals surface area contributed by atoms with Gasteiger partial charge < -0.3 is 24.8 Å². The van der Waals surface area contributed by atoms with Crippen molar-refractivity contribution < 1.29 is 32.2 Å². The van der Waals surface area contributed by atoms with Gasteiger partial charge in [-0.05, 0) is 64.8 Å². The highest BCUT2D eigenvalue weighted by Crippen LogP contribution is 2.52. The molecule has 17 heteroatoms. The van der Waals surface area contributed by atoms with Crippen LogP contribution in [0, 0.1) is 23.0 Å². The van der Waals surface area contributed by atoms with Crippen molar-refractivity contribution in [2.75, 3.05) is 42.3 Å². The Kier molecular flexibility index (Phi) is 10.1. The molecule has 0 radical (unpaired) electrons. The largest absolute Gasteiger partial charge is 0.489 e. The minimum atomic E-state index is -1.01. The van der Waals surface area contributed by atoms with Gasteiger partial charge in [0.25, 0.3) is 0 Å². The number of pyridine rings is 1. The number of thiophene rings is 1. The number of hydrogen-bond acceptors (Lipinski definition) is 12. The van der Waals surface area contributed by atoms with Crippen LogP contribution in [-0.2, 0) is 4.74 Å². The summed E-state index contributed by atoms with van der Waals surface area (Å²) in [4.78, 5) is 30.6. The van der Waals surface area contributed by atoms with Crippen LogP contribution in [0.1, 0.15) is 64.1 Å². The van der Waals surface area contributed by atoms with E-state index in [-0.39, 0.29) is 90.7 Å². The van der Waals surface area contributed by atoms with Crippen LogP contribution in [0.4, 0.5) is 34.6 Å². The second-order valence-electron chi connectivity index (χ2n) is 15.8. The average Bonchev–Trinajstić information content (AvgIpc) is 3.79. The third-order valence-electron chi connectivity index (χ3n) is 11.0. The van der Waals surface area contributed by atoms with Gasteiger partial charge in [-0.2, -0.15) is 15.2 Å². The van der Waals surface area contributed by atoms with Crippen molar-refractivity contribution in [3.63, 3.8) is 0 Å². The molecule has 4 atom stereocenters. The minimum absolute atomic E-state index is 0.000925. The number of rotatable bonds is 8. The zero-order valence-electron chi connectivity index (χ0n) is 32.2. The summed E-state index contributed by atoms with van der Waals surface area (Å²) in [5.41, 5.74) is 5.06. The van der Waals surface area contributed by atoms with Gasteiger partial charge in [0.1, 0.15) is 59.0 Å². The summed E-state index contributed by atoms with van der Waals surface area (Å²) in [5.74, 6) is -1.12. The number of halogens is 4. The van der Waals surface area contributed by atoms with E-state index in [1.54, 1.807) is 39.1 Å². The zero-order valence-corrected chi connectivity index (χ0v) is 33.7. The van der Waals surface area contributed by atoms with Crippen molar-refractivity contribution in [2.45, 2.75) is 76.4 Å². The SMILES string of the molecule is C=C[C@H]1COc2c(Cl)c(-c3ccc(F)c4sc(NC(=O)OC(C)(C)C)c(C#N)c34)c(F)c3nc(OC[C@@]45CCCN4C[C@H](F)C5)nc(c23)N1C(C)c1cccnc1N. The van der Waals surface area contributed by atoms with E-state index in [0.717, 1.165) is 36.8 Å². The quantitative estimate of drug-likeness (QED) is 0.144. The van der Waals surface area contributed by atoms with Crippen LogP contribution in [0.2, 0.25) is 5.02 Å². The van der Waals surface area contributed by atoms with E-state index in [2.05, 4.69) is 32.8 Å². The fourth-order valence-electron chi connectivity index (χ4n) is 8.47. The van der Waals surface area contributed by atoms with Gasteiger partial charge in [-0.1, -0.05) is 29.8 Å². The number of alkyl halides is 1. The predicted octanol–water partition coefficient (Wildman–Crippen LogP) is 9.11. The summed E-state index contributed by atoms with van der Waals surface area (Å²) < 4.78 is 66.2. The van der Waals surface area contributed by atoms with Crippen LogP contribution in [-0.4, -0.2) is 75.6 Å². The number of nitrogens with zero attached hydrogens (tertiary/aromatic N) is 6. The number of carbonyl (C=O) groups is 1. The zero-order chi connectivity index (χ0) is 41.3. The molecule has 58 heavy (non-hydrogen) atoms. The highest BCUT2D eigenvalue weighted by atomic mass is 35.5. The fourth-order valence-corrected chi connectivity index (χ4v) is 9.87. The molecule has 8 rings (SSSR count). The lowest BCUT2D eigenvalue weighted by molar-refractivity contribution is 0.0636. The first-order valence-corrected chi connectivity index (χ1v) is 20.0. The summed E-state index contributed by atoms with van der Waals surface area (Å²) in [5, 5.41) is 12.9. The number of anilines is 3. The van der Waals surface area contributed by atoms with Crippen LogP contribution in [0.25, 0.3) is 32.1 Å². The number of amides is 1. The molecule has 3 aromatic heterocycles. The normalized spacial score (nSPS) is 21.0. The third kappa shape index (κ3) is 6.68. The molecule has 0 aliphatic carbocycles. The Hall–Kier alpha value is -5.37. The molecule has 1 unspecified atom stereocenters. The van der Waals surface area contributed by atoms with Crippen LogP contribution >= 0.6 is 22.9 Å². The van der Waals surface area contributed by atoms with E-state index in [1.807, 2.05) is 17.9 Å². The first-order chi connectivity index (χ1) is 27.6. The Balaban J connectivity index is 1.35. The number of nitrogens with one attached hydrogen (secondary N) is 1. The summed E-state index contributed by atoms with van der Waals surface area (Å²) in [6, 6.07) is 6.80. The molecule has 3 aliphatic rings. The Bertz CT molecular complexity index is 2540. The van der Waals surface area contributed by atoms with E-state index in [4.69, 9.17) is 36.5 Å². The van der Waals surface area contributed by atoms with Crippen molar-refractivity contribution in [2.24, 2.45) is 0 Å². The topological polar surface area (TPSA) is 152 Å². The molecule has 3 N–H and O–H groups in total. The van der Waals surface area contributed by atoms with E-state index in [0.29, 0.717) is 12.1 Å². The van der Waals surface area contributed by atoms with Gasteiger partial charge in [0.15, 0.2) is 11.6 Å². The van der Waals surface area contributed by atoms with Gasteiger partial charge in [-0.15, -0.1) is 17.9 Å². The monoisotopic (exact) mass is 832 g/mol. The van der Waals surface area contributed by atoms with Crippen LogP contribution < -0.4 is 25.4 Å². The van der Waals surface area contributed by atoms with Gasteiger partial charge in [0.05, 0.1) is 38.3 Å². The number of nitriles is 1. The summed E-state index contributed by atoms with van der Waals surface area (Å²) in [7, 11) is 0. The number of benzene rings is 2. The summed E-state index contributed by atoms with van der Waals surface area (Å²) in [6.07, 6.45) is 3.26. The fraction of sp³-hybridized carbons (Fsp3) is 0.390. The molecular weight excluding hydrogens is 793 g/mol. The van der Waals surface area contributed by atoms with E-state index in [9.17, 15) is 14.4 Å². The number of hydrogen-bond donors (Lipinski definition) is 2. The number of fused-ring (bicyclic) bond motifs is 2. The van der Waals surface area contributed by atoms with Crippen molar-refractivity contribution in [1.29, 1.82) is 5.26 Å². The van der Waals surface area contributed by atoms with Crippen LogP contribution in [0.5, 0.6) is 11.8 Å². The van der Waals surface area contributed by atoms with Gasteiger partial charge in [0.2, 0.25) is 0 Å². The average molecular weight is 833 g/mol. The van der Waals surface area contributed by atoms with Crippen molar-refractivity contribution in [3.8, 4) is 29.0 Å². The first kappa shape index (κ1) is 39.5. The summed E-state index contributed by atoms with van der Waals surface area (Å²) in [6.45, 7) is 12.1. The smallest absolute Gasteiger partial charge is 0.412 e. The Labute approximate surface area is 341 Å². The highest BCUT2D eigenvalue weighted by Gasteiger charge is 2.49. The lowest BCUT2D eigenvalue weighted by Gasteiger charge is -2.35. The number of nitrogens with two attached hydrogens (primary N) is 1.